The lowest BCUT2D eigenvalue weighted by molar-refractivity contribution is -0.383. The van der Waals surface area contributed by atoms with Crippen LogP contribution in [0.5, 0.6) is 0 Å². The van der Waals surface area contributed by atoms with Gasteiger partial charge in [0.15, 0.2) is 0 Å². The van der Waals surface area contributed by atoms with Gasteiger partial charge in [0.2, 0.25) is 0 Å². The van der Waals surface area contributed by atoms with Crippen LogP contribution < -0.4 is 0 Å². The normalized spacial score (nSPS) is 11.7. The molecule has 2 aromatic carbocycles. The van der Waals surface area contributed by atoms with E-state index in [1.807, 2.05) is 6.92 Å². The van der Waals surface area contributed by atoms with Gasteiger partial charge in [-0.2, -0.15) is 0 Å². The lowest BCUT2D eigenvalue weighted by Gasteiger charge is -2.07. The largest absolute Gasteiger partial charge is 0.295 e. The summed E-state index contributed by atoms with van der Waals surface area (Å²) in [7, 11) is -3.91. The van der Waals surface area contributed by atoms with Gasteiger partial charge in [-0.25, -0.2) is 12.4 Å². The molecule has 0 aliphatic heterocycles. The Labute approximate surface area is 140 Å². The number of halogens is 1. The molecule has 0 saturated carbocycles. The van der Waals surface area contributed by atoms with Crippen molar-refractivity contribution in [2.75, 3.05) is 0 Å². The first-order valence-electron chi connectivity index (χ1n) is 6.58. The maximum atomic E-state index is 12.8. The maximum Gasteiger partial charge on any atom is 0.295 e. The van der Waals surface area contributed by atoms with E-state index in [-0.39, 0.29) is 21.5 Å². The highest BCUT2D eigenvalue weighted by Gasteiger charge is 2.25. The highest BCUT2D eigenvalue weighted by molar-refractivity contribution is 9.10. The molecular weight excluding hydrogens is 384 g/mol. The van der Waals surface area contributed by atoms with Crippen LogP contribution in [0, 0.1) is 17.0 Å². The molecule has 1 heterocycles. The van der Waals surface area contributed by atoms with Crippen LogP contribution in [0.15, 0.2) is 58.0 Å². The van der Waals surface area contributed by atoms with Crippen molar-refractivity contribution in [1.82, 2.24) is 3.97 Å². The van der Waals surface area contributed by atoms with Gasteiger partial charge >= 0.3 is 0 Å². The van der Waals surface area contributed by atoms with Gasteiger partial charge in [-0.1, -0.05) is 33.6 Å². The second-order valence-corrected chi connectivity index (χ2v) is 7.78. The van der Waals surface area contributed by atoms with Crippen molar-refractivity contribution in [2.24, 2.45) is 0 Å². The minimum atomic E-state index is -3.91. The molecule has 1 aromatic heterocycles. The van der Waals surface area contributed by atoms with Crippen molar-refractivity contribution in [2.45, 2.75) is 11.8 Å². The second-order valence-electron chi connectivity index (χ2n) is 5.05. The third kappa shape index (κ3) is 2.64. The topological polar surface area (TPSA) is 82.2 Å². The molecule has 0 fully saturated rings. The van der Waals surface area contributed by atoms with E-state index in [0.717, 1.165) is 15.7 Å². The SMILES string of the molecule is Cc1ccc(S(=O)(=O)n2cc([N+](=O)[O-])c3cc(Br)ccc32)cc1. The summed E-state index contributed by atoms with van der Waals surface area (Å²) in [6, 6.07) is 11.1. The molecule has 0 aliphatic carbocycles. The van der Waals surface area contributed by atoms with Gasteiger partial charge in [-0.3, -0.25) is 10.1 Å². The van der Waals surface area contributed by atoms with Gasteiger partial charge in [-0.15, -0.1) is 0 Å². The average molecular weight is 395 g/mol. The Balaban J connectivity index is 2.31. The smallest absolute Gasteiger partial charge is 0.258 e. The van der Waals surface area contributed by atoms with E-state index >= 15 is 0 Å². The Morgan fingerprint density at radius 3 is 2.39 bits per heavy atom. The van der Waals surface area contributed by atoms with Crippen molar-refractivity contribution in [3.63, 3.8) is 0 Å². The molecule has 23 heavy (non-hydrogen) atoms. The number of aryl methyl sites for hydroxylation is 1. The highest BCUT2D eigenvalue weighted by Crippen LogP contribution is 2.32. The number of aromatic nitrogens is 1. The quantitative estimate of drug-likeness (QED) is 0.498. The molecule has 0 bridgehead atoms. The Bertz CT molecular complexity index is 1020. The molecule has 118 valence electrons. The van der Waals surface area contributed by atoms with E-state index in [1.54, 1.807) is 18.2 Å². The van der Waals surface area contributed by atoms with Crippen molar-refractivity contribution in [3.8, 4) is 0 Å². The molecule has 3 rings (SSSR count). The first-order valence-corrected chi connectivity index (χ1v) is 8.81. The average Bonchev–Trinajstić information content (AvgIpc) is 2.87. The zero-order valence-electron chi connectivity index (χ0n) is 11.9. The molecule has 3 aromatic rings. The molecule has 0 saturated heterocycles. The van der Waals surface area contributed by atoms with Crippen molar-refractivity contribution in [1.29, 1.82) is 0 Å². The van der Waals surface area contributed by atoms with Gasteiger partial charge in [0, 0.05) is 4.47 Å². The summed E-state index contributed by atoms with van der Waals surface area (Å²) in [5.41, 5.74) is 0.939. The van der Waals surface area contributed by atoms with E-state index in [9.17, 15) is 18.5 Å². The zero-order valence-corrected chi connectivity index (χ0v) is 14.3. The standard InChI is InChI=1S/C15H11BrN2O4S/c1-10-2-5-12(6-3-10)23(21,22)17-9-15(18(19)20)13-8-11(16)4-7-14(13)17/h2-9H,1H3. The van der Waals surface area contributed by atoms with Crippen LogP contribution >= 0.6 is 15.9 Å². The molecule has 0 amide bonds. The predicted molar refractivity (Wildman–Crippen MR) is 90.1 cm³/mol. The van der Waals surface area contributed by atoms with Gasteiger partial charge in [0.25, 0.3) is 15.7 Å². The Morgan fingerprint density at radius 2 is 1.78 bits per heavy atom. The van der Waals surface area contributed by atoms with Gasteiger partial charge in [0.05, 0.1) is 26.9 Å². The number of nitro groups is 1. The molecule has 6 nitrogen and oxygen atoms in total. The Kier molecular flexibility index (Phi) is 3.73. The minimum Gasteiger partial charge on any atom is -0.258 e. The third-order valence-corrected chi connectivity index (χ3v) is 5.67. The van der Waals surface area contributed by atoms with Crippen LogP contribution in [0.4, 0.5) is 5.69 Å². The fourth-order valence-electron chi connectivity index (χ4n) is 2.32. The van der Waals surface area contributed by atoms with Crippen LogP contribution in [0.2, 0.25) is 0 Å². The number of nitrogens with zero attached hydrogens (tertiary/aromatic N) is 2. The van der Waals surface area contributed by atoms with Crippen LogP contribution in [0.3, 0.4) is 0 Å². The summed E-state index contributed by atoms with van der Waals surface area (Å²) in [6.45, 7) is 1.85. The molecule has 0 N–H and O–H groups in total. The molecule has 0 unspecified atom stereocenters. The summed E-state index contributed by atoms with van der Waals surface area (Å²) in [5, 5.41) is 11.5. The monoisotopic (exact) mass is 394 g/mol. The molecule has 0 spiro atoms. The molecule has 0 atom stereocenters. The van der Waals surface area contributed by atoms with Crippen molar-refractivity contribution in [3.05, 3.63) is 68.8 Å². The molecule has 0 aliphatic rings. The van der Waals surface area contributed by atoms with Crippen molar-refractivity contribution < 1.29 is 13.3 Å². The van der Waals surface area contributed by atoms with Crippen molar-refractivity contribution >= 4 is 42.5 Å². The van der Waals surface area contributed by atoms with E-state index < -0.39 is 14.9 Å². The van der Waals surface area contributed by atoms with Crippen LogP contribution in [-0.4, -0.2) is 17.3 Å². The lowest BCUT2D eigenvalue weighted by Crippen LogP contribution is -2.11. The first-order chi connectivity index (χ1) is 10.8. The summed E-state index contributed by atoms with van der Waals surface area (Å²) in [6.07, 6.45) is 1.05. The summed E-state index contributed by atoms with van der Waals surface area (Å²) in [4.78, 5) is 10.7. The van der Waals surface area contributed by atoms with Gasteiger partial charge < -0.3 is 0 Å². The summed E-state index contributed by atoms with van der Waals surface area (Å²) >= 11 is 3.25. The molecule has 0 radical (unpaired) electrons. The Morgan fingerprint density at radius 1 is 1.13 bits per heavy atom. The Hall–Kier alpha value is -2.19. The zero-order chi connectivity index (χ0) is 16.8. The number of hydrogen-bond donors (Lipinski definition) is 0. The first kappa shape index (κ1) is 15.7. The van der Waals surface area contributed by atoms with E-state index in [2.05, 4.69) is 15.9 Å². The summed E-state index contributed by atoms with van der Waals surface area (Å²) < 4.78 is 27.2. The third-order valence-electron chi connectivity index (χ3n) is 3.49. The van der Waals surface area contributed by atoms with Crippen LogP contribution in [0.25, 0.3) is 10.9 Å². The number of benzene rings is 2. The van der Waals surface area contributed by atoms with E-state index in [4.69, 9.17) is 0 Å². The molecular formula is C15H11BrN2O4S. The van der Waals surface area contributed by atoms with Gasteiger partial charge in [0.1, 0.15) is 0 Å². The van der Waals surface area contributed by atoms with E-state index in [1.165, 1.54) is 24.3 Å². The second kappa shape index (κ2) is 5.47. The number of fused-ring (bicyclic) bond motifs is 1. The number of rotatable bonds is 3. The predicted octanol–water partition coefficient (Wildman–Crippen LogP) is 3.86. The lowest BCUT2D eigenvalue weighted by atomic mass is 10.2. The molecule has 8 heteroatoms. The maximum absolute atomic E-state index is 12.8. The van der Waals surface area contributed by atoms with Crippen LogP contribution in [-0.2, 0) is 10.0 Å². The fraction of sp³-hybridized carbons (Fsp3) is 0.0667. The van der Waals surface area contributed by atoms with Gasteiger partial charge in [-0.05, 0) is 37.3 Å². The van der Waals surface area contributed by atoms with E-state index in [0.29, 0.717) is 4.47 Å². The summed E-state index contributed by atoms with van der Waals surface area (Å²) in [5.74, 6) is 0. The number of hydrogen-bond acceptors (Lipinski definition) is 4. The highest BCUT2D eigenvalue weighted by atomic mass is 79.9. The fourth-order valence-corrected chi connectivity index (χ4v) is 4.05. The van der Waals surface area contributed by atoms with Crippen LogP contribution in [0.1, 0.15) is 5.56 Å². The minimum absolute atomic E-state index is 0.0813.